The minimum absolute atomic E-state index is 0.160. The second-order valence-corrected chi connectivity index (χ2v) is 3.45. The molecule has 0 spiro atoms. The number of Topliss-reactive ketones (excluding diaryl/α,β-unsaturated/α-hetero) is 1. The first kappa shape index (κ1) is 11.9. The number of rotatable bonds is 7. The van der Waals surface area contributed by atoms with Crippen LogP contribution in [0.5, 0.6) is 0 Å². The van der Waals surface area contributed by atoms with E-state index in [1.807, 2.05) is 19.1 Å². The van der Waals surface area contributed by atoms with Gasteiger partial charge >= 0.3 is 0 Å². The van der Waals surface area contributed by atoms with Crippen molar-refractivity contribution >= 4 is 5.78 Å². The monoisotopic (exact) mass is 207 g/mol. The molecule has 0 aliphatic heterocycles. The van der Waals surface area contributed by atoms with E-state index in [2.05, 4.69) is 4.98 Å². The summed E-state index contributed by atoms with van der Waals surface area (Å²) in [6.45, 7) is 2.94. The van der Waals surface area contributed by atoms with Crippen molar-refractivity contribution in [2.45, 2.75) is 26.2 Å². The Morgan fingerprint density at radius 2 is 2.40 bits per heavy atom. The maximum absolute atomic E-state index is 11.3. The van der Waals surface area contributed by atoms with E-state index in [9.17, 15) is 4.79 Å². The van der Waals surface area contributed by atoms with E-state index in [1.165, 1.54) is 0 Å². The topological polar surface area (TPSA) is 39.2 Å². The van der Waals surface area contributed by atoms with Gasteiger partial charge in [0.1, 0.15) is 6.61 Å². The van der Waals surface area contributed by atoms with Crippen molar-refractivity contribution in [2.24, 2.45) is 0 Å². The zero-order chi connectivity index (χ0) is 10.9. The van der Waals surface area contributed by atoms with Crippen LogP contribution in [0.2, 0.25) is 0 Å². The molecule has 15 heavy (non-hydrogen) atoms. The fourth-order valence-electron chi connectivity index (χ4n) is 1.23. The molecule has 0 atom stereocenters. The molecule has 0 aliphatic rings. The van der Waals surface area contributed by atoms with Gasteiger partial charge in [0.25, 0.3) is 0 Å². The average Bonchev–Trinajstić information content (AvgIpc) is 2.28. The maximum Gasteiger partial charge on any atom is 0.158 e. The van der Waals surface area contributed by atoms with Crippen molar-refractivity contribution in [3.05, 3.63) is 30.1 Å². The van der Waals surface area contributed by atoms with E-state index in [1.54, 1.807) is 12.4 Å². The lowest BCUT2D eigenvalue weighted by Gasteiger charge is -2.02. The number of ether oxygens (including phenoxy) is 1. The molecule has 1 aromatic rings. The minimum atomic E-state index is 0.160. The summed E-state index contributed by atoms with van der Waals surface area (Å²) >= 11 is 0. The van der Waals surface area contributed by atoms with Crippen LogP contribution in [0.25, 0.3) is 0 Å². The van der Waals surface area contributed by atoms with E-state index in [0.29, 0.717) is 13.0 Å². The summed E-state index contributed by atoms with van der Waals surface area (Å²) in [6, 6.07) is 3.86. The number of aromatic nitrogens is 1. The standard InChI is InChI=1S/C12H17NO2/c1-2-8-15-10-12(14)6-5-11-4-3-7-13-9-11/h3-4,7,9H,2,5-6,8,10H2,1H3. The first-order chi connectivity index (χ1) is 7.33. The summed E-state index contributed by atoms with van der Waals surface area (Å²) in [5.41, 5.74) is 1.10. The molecular weight excluding hydrogens is 190 g/mol. The SMILES string of the molecule is CCCOCC(=O)CCc1cccnc1. The average molecular weight is 207 g/mol. The molecule has 0 aromatic carbocycles. The Bertz CT molecular complexity index is 285. The number of hydrogen-bond donors (Lipinski definition) is 0. The third-order valence-corrected chi connectivity index (χ3v) is 2.03. The van der Waals surface area contributed by atoms with Crippen LogP contribution in [0.3, 0.4) is 0 Å². The number of carbonyl (C=O) groups is 1. The van der Waals surface area contributed by atoms with E-state index >= 15 is 0 Å². The van der Waals surface area contributed by atoms with Crippen molar-refractivity contribution in [1.29, 1.82) is 0 Å². The highest BCUT2D eigenvalue weighted by molar-refractivity contribution is 5.79. The molecular formula is C12H17NO2. The van der Waals surface area contributed by atoms with Crippen LogP contribution in [-0.4, -0.2) is 24.0 Å². The van der Waals surface area contributed by atoms with Gasteiger partial charge in [0.2, 0.25) is 0 Å². The molecule has 0 radical (unpaired) electrons. The Hall–Kier alpha value is -1.22. The van der Waals surface area contributed by atoms with E-state index in [0.717, 1.165) is 18.4 Å². The Kier molecular flexibility index (Phi) is 5.63. The number of aryl methyl sites for hydroxylation is 1. The van der Waals surface area contributed by atoms with Gasteiger partial charge in [0.15, 0.2) is 5.78 Å². The fourth-order valence-corrected chi connectivity index (χ4v) is 1.23. The number of ketones is 1. The van der Waals surface area contributed by atoms with Gasteiger partial charge in [-0.15, -0.1) is 0 Å². The lowest BCUT2D eigenvalue weighted by Crippen LogP contribution is -2.10. The van der Waals surface area contributed by atoms with Crippen molar-refractivity contribution in [3.63, 3.8) is 0 Å². The van der Waals surface area contributed by atoms with Gasteiger partial charge in [-0.05, 0) is 24.5 Å². The van der Waals surface area contributed by atoms with Gasteiger partial charge in [0.05, 0.1) is 0 Å². The van der Waals surface area contributed by atoms with Crippen molar-refractivity contribution in [1.82, 2.24) is 4.98 Å². The first-order valence-electron chi connectivity index (χ1n) is 5.31. The predicted octanol–water partition coefficient (Wildman–Crippen LogP) is 2.01. The summed E-state index contributed by atoms with van der Waals surface area (Å²) in [5, 5.41) is 0. The second kappa shape index (κ2) is 7.12. The van der Waals surface area contributed by atoms with E-state index < -0.39 is 0 Å². The van der Waals surface area contributed by atoms with Gasteiger partial charge < -0.3 is 4.74 Å². The van der Waals surface area contributed by atoms with Gasteiger partial charge in [-0.1, -0.05) is 13.0 Å². The highest BCUT2D eigenvalue weighted by Crippen LogP contribution is 2.01. The van der Waals surface area contributed by atoms with Crippen LogP contribution in [0.4, 0.5) is 0 Å². The Morgan fingerprint density at radius 1 is 1.53 bits per heavy atom. The molecule has 0 unspecified atom stereocenters. The smallest absolute Gasteiger partial charge is 0.158 e. The molecule has 0 aliphatic carbocycles. The molecule has 0 amide bonds. The zero-order valence-electron chi connectivity index (χ0n) is 9.11. The first-order valence-corrected chi connectivity index (χ1v) is 5.31. The van der Waals surface area contributed by atoms with Gasteiger partial charge in [-0.3, -0.25) is 9.78 Å². The molecule has 0 N–H and O–H groups in total. The predicted molar refractivity (Wildman–Crippen MR) is 58.7 cm³/mol. The summed E-state index contributed by atoms with van der Waals surface area (Å²) in [7, 11) is 0. The van der Waals surface area contributed by atoms with Crippen LogP contribution in [0.15, 0.2) is 24.5 Å². The molecule has 82 valence electrons. The molecule has 3 nitrogen and oxygen atoms in total. The molecule has 0 bridgehead atoms. The van der Waals surface area contributed by atoms with Gasteiger partial charge in [0, 0.05) is 25.4 Å². The van der Waals surface area contributed by atoms with Crippen molar-refractivity contribution in [2.75, 3.05) is 13.2 Å². The lowest BCUT2D eigenvalue weighted by atomic mass is 10.1. The minimum Gasteiger partial charge on any atom is -0.374 e. The quantitative estimate of drug-likeness (QED) is 0.642. The molecule has 0 fully saturated rings. The molecule has 3 heteroatoms. The fraction of sp³-hybridized carbons (Fsp3) is 0.500. The second-order valence-electron chi connectivity index (χ2n) is 3.45. The van der Waals surface area contributed by atoms with Crippen molar-refractivity contribution in [3.8, 4) is 0 Å². The molecule has 1 heterocycles. The highest BCUT2D eigenvalue weighted by Gasteiger charge is 2.02. The summed E-state index contributed by atoms with van der Waals surface area (Å²) in [6.07, 6.45) is 5.77. The number of carbonyl (C=O) groups excluding carboxylic acids is 1. The third-order valence-electron chi connectivity index (χ3n) is 2.03. The molecule has 0 saturated heterocycles. The Labute approximate surface area is 90.5 Å². The number of nitrogens with zero attached hydrogens (tertiary/aromatic N) is 1. The summed E-state index contributed by atoms with van der Waals surface area (Å²) < 4.78 is 5.17. The Balaban J connectivity index is 2.17. The van der Waals surface area contributed by atoms with Crippen LogP contribution in [0, 0.1) is 0 Å². The largest absolute Gasteiger partial charge is 0.374 e. The number of hydrogen-bond acceptors (Lipinski definition) is 3. The molecule has 0 saturated carbocycles. The third kappa shape index (κ3) is 5.27. The van der Waals surface area contributed by atoms with Crippen molar-refractivity contribution < 1.29 is 9.53 Å². The van der Waals surface area contributed by atoms with Crippen LogP contribution < -0.4 is 0 Å². The normalized spacial score (nSPS) is 10.2. The Morgan fingerprint density at radius 3 is 3.07 bits per heavy atom. The molecule has 1 aromatic heterocycles. The highest BCUT2D eigenvalue weighted by atomic mass is 16.5. The van der Waals surface area contributed by atoms with Crippen LogP contribution in [0.1, 0.15) is 25.3 Å². The van der Waals surface area contributed by atoms with Gasteiger partial charge in [-0.2, -0.15) is 0 Å². The lowest BCUT2D eigenvalue weighted by molar-refractivity contribution is -0.123. The molecule has 1 rings (SSSR count). The van der Waals surface area contributed by atoms with Crippen LogP contribution >= 0.6 is 0 Å². The van der Waals surface area contributed by atoms with E-state index in [-0.39, 0.29) is 12.4 Å². The maximum atomic E-state index is 11.3. The summed E-state index contributed by atoms with van der Waals surface area (Å²) in [4.78, 5) is 15.3. The van der Waals surface area contributed by atoms with E-state index in [4.69, 9.17) is 4.74 Å². The number of pyridine rings is 1. The summed E-state index contributed by atoms with van der Waals surface area (Å²) in [5.74, 6) is 0.160. The van der Waals surface area contributed by atoms with Gasteiger partial charge in [-0.25, -0.2) is 0 Å². The van der Waals surface area contributed by atoms with Crippen LogP contribution in [-0.2, 0) is 16.0 Å². The zero-order valence-corrected chi connectivity index (χ0v) is 9.11.